The summed E-state index contributed by atoms with van der Waals surface area (Å²) >= 11 is 0. The van der Waals surface area contributed by atoms with E-state index in [1.54, 1.807) is 4.68 Å². The van der Waals surface area contributed by atoms with Gasteiger partial charge in [0.25, 0.3) is 0 Å². The number of aromatic nitrogens is 4. The van der Waals surface area contributed by atoms with Gasteiger partial charge in [-0.05, 0) is 35.5 Å². The summed E-state index contributed by atoms with van der Waals surface area (Å²) in [6.07, 6.45) is 0. The van der Waals surface area contributed by atoms with Crippen LogP contribution in [0.2, 0.25) is 0 Å². The van der Waals surface area contributed by atoms with E-state index in [4.69, 9.17) is 4.74 Å². The molecule has 6 nitrogen and oxygen atoms in total. The van der Waals surface area contributed by atoms with Crippen LogP contribution < -0.4 is 5.32 Å². The second-order valence-corrected chi connectivity index (χ2v) is 5.35. The van der Waals surface area contributed by atoms with Crippen molar-refractivity contribution in [3.8, 4) is 5.69 Å². The molecule has 6 heteroatoms. The molecule has 1 N–H and O–H groups in total. The van der Waals surface area contributed by atoms with E-state index in [1.165, 1.54) is 0 Å². The average Bonchev–Trinajstić information content (AvgIpc) is 2.81. The lowest BCUT2D eigenvalue weighted by atomic mass is 9.89. The largest absolute Gasteiger partial charge is 0.384 e. The SMILES string of the molecule is Cc1nnnn1-c1cccc(NCC2(C)COC2)c1. The van der Waals surface area contributed by atoms with E-state index in [1.807, 2.05) is 31.2 Å². The molecule has 0 amide bonds. The van der Waals surface area contributed by atoms with Crippen LogP contribution >= 0.6 is 0 Å². The van der Waals surface area contributed by atoms with Crippen molar-refractivity contribution in [2.45, 2.75) is 13.8 Å². The summed E-state index contributed by atoms with van der Waals surface area (Å²) < 4.78 is 6.98. The summed E-state index contributed by atoms with van der Waals surface area (Å²) in [6, 6.07) is 8.08. The standard InChI is InChI=1S/C13H17N5O/c1-10-15-16-17-18(10)12-5-3-4-11(6-12)14-7-13(2)8-19-9-13/h3-6,14H,7-9H2,1-2H3. The van der Waals surface area contributed by atoms with Gasteiger partial charge in [0.15, 0.2) is 5.82 Å². The van der Waals surface area contributed by atoms with Gasteiger partial charge in [-0.15, -0.1) is 5.10 Å². The van der Waals surface area contributed by atoms with Crippen LogP contribution in [0.15, 0.2) is 24.3 Å². The van der Waals surface area contributed by atoms with Gasteiger partial charge in [0.1, 0.15) is 0 Å². The van der Waals surface area contributed by atoms with Gasteiger partial charge in [-0.25, -0.2) is 0 Å². The molecule has 19 heavy (non-hydrogen) atoms. The highest BCUT2D eigenvalue weighted by Crippen LogP contribution is 2.27. The van der Waals surface area contributed by atoms with E-state index < -0.39 is 0 Å². The maximum Gasteiger partial charge on any atom is 0.153 e. The fourth-order valence-electron chi connectivity index (χ4n) is 2.09. The third-order valence-electron chi connectivity index (χ3n) is 3.34. The van der Waals surface area contributed by atoms with Crippen molar-refractivity contribution in [2.24, 2.45) is 5.41 Å². The lowest BCUT2D eigenvalue weighted by molar-refractivity contribution is -0.0924. The Morgan fingerprint density at radius 2 is 2.26 bits per heavy atom. The van der Waals surface area contributed by atoms with Crippen LogP contribution in [0.25, 0.3) is 5.69 Å². The van der Waals surface area contributed by atoms with Crippen LogP contribution in [0.5, 0.6) is 0 Å². The minimum Gasteiger partial charge on any atom is -0.384 e. The van der Waals surface area contributed by atoms with Crippen molar-refractivity contribution in [2.75, 3.05) is 25.1 Å². The average molecular weight is 259 g/mol. The summed E-state index contributed by atoms with van der Waals surface area (Å²) in [5.74, 6) is 0.775. The van der Waals surface area contributed by atoms with Crippen molar-refractivity contribution in [3.05, 3.63) is 30.1 Å². The molecular formula is C13H17N5O. The molecule has 1 fully saturated rings. The second-order valence-electron chi connectivity index (χ2n) is 5.35. The minimum absolute atomic E-state index is 0.251. The van der Waals surface area contributed by atoms with Gasteiger partial charge in [-0.2, -0.15) is 4.68 Å². The fourth-order valence-corrected chi connectivity index (χ4v) is 2.09. The molecule has 1 aromatic carbocycles. The summed E-state index contributed by atoms with van der Waals surface area (Å²) in [5, 5.41) is 15.0. The van der Waals surface area contributed by atoms with Gasteiger partial charge >= 0.3 is 0 Å². The monoisotopic (exact) mass is 259 g/mol. The first-order valence-corrected chi connectivity index (χ1v) is 6.33. The molecule has 1 saturated heterocycles. The molecular weight excluding hydrogens is 242 g/mol. The Morgan fingerprint density at radius 3 is 2.89 bits per heavy atom. The van der Waals surface area contributed by atoms with Gasteiger partial charge in [0.2, 0.25) is 0 Å². The molecule has 1 aliphatic rings. The highest BCUT2D eigenvalue weighted by Gasteiger charge is 2.32. The van der Waals surface area contributed by atoms with Crippen LogP contribution in [0.4, 0.5) is 5.69 Å². The first-order chi connectivity index (χ1) is 9.16. The van der Waals surface area contributed by atoms with E-state index in [0.717, 1.165) is 37.0 Å². The second kappa shape index (κ2) is 4.62. The van der Waals surface area contributed by atoms with Crippen molar-refractivity contribution in [1.82, 2.24) is 20.2 Å². The molecule has 0 aliphatic carbocycles. The number of anilines is 1. The number of hydrogen-bond donors (Lipinski definition) is 1. The Kier molecular flexibility index (Phi) is 2.94. The first-order valence-electron chi connectivity index (χ1n) is 6.33. The maximum absolute atomic E-state index is 5.25. The third kappa shape index (κ3) is 2.44. The predicted molar refractivity (Wildman–Crippen MR) is 71.3 cm³/mol. The third-order valence-corrected chi connectivity index (χ3v) is 3.34. The highest BCUT2D eigenvalue weighted by atomic mass is 16.5. The zero-order valence-electron chi connectivity index (χ0n) is 11.1. The highest BCUT2D eigenvalue weighted by molar-refractivity contribution is 5.51. The molecule has 0 unspecified atom stereocenters. The summed E-state index contributed by atoms with van der Waals surface area (Å²) in [4.78, 5) is 0. The molecule has 0 atom stereocenters. The number of ether oxygens (including phenoxy) is 1. The van der Waals surface area contributed by atoms with Crippen molar-refractivity contribution in [3.63, 3.8) is 0 Å². The molecule has 1 aromatic heterocycles. The predicted octanol–water partition coefficient (Wildman–Crippen LogP) is 1.42. The van der Waals surface area contributed by atoms with Crippen molar-refractivity contribution in [1.29, 1.82) is 0 Å². The number of tetrazole rings is 1. The number of hydrogen-bond acceptors (Lipinski definition) is 5. The number of nitrogens with one attached hydrogen (secondary N) is 1. The normalized spacial score (nSPS) is 16.9. The Bertz CT molecular complexity index is 576. The molecule has 100 valence electrons. The number of benzene rings is 1. The fraction of sp³-hybridized carbons (Fsp3) is 0.462. The van der Waals surface area contributed by atoms with Crippen LogP contribution in [0.1, 0.15) is 12.7 Å². The smallest absolute Gasteiger partial charge is 0.153 e. The van der Waals surface area contributed by atoms with Gasteiger partial charge in [-0.3, -0.25) is 0 Å². The summed E-state index contributed by atoms with van der Waals surface area (Å²) in [6.45, 7) is 6.66. The lowest BCUT2D eigenvalue weighted by Gasteiger charge is -2.38. The zero-order chi connectivity index (χ0) is 13.3. The Labute approximate surface area is 111 Å². The van der Waals surface area contributed by atoms with E-state index in [9.17, 15) is 0 Å². The first kappa shape index (κ1) is 12.1. The lowest BCUT2D eigenvalue weighted by Crippen LogP contribution is -2.45. The minimum atomic E-state index is 0.251. The number of aryl methyl sites for hydroxylation is 1. The van der Waals surface area contributed by atoms with Crippen LogP contribution in [-0.2, 0) is 4.74 Å². The van der Waals surface area contributed by atoms with Gasteiger partial charge in [0.05, 0.1) is 18.9 Å². The van der Waals surface area contributed by atoms with E-state index in [2.05, 4.69) is 27.8 Å². The molecule has 2 heterocycles. The zero-order valence-corrected chi connectivity index (χ0v) is 11.1. The maximum atomic E-state index is 5.25. The van der Waals surface area contributed by atoms with Crippen molar-refractivity contribution < 1.29 is 4.74 Å². The summed E-state index contributed by atoms with van der Waals surface area (Å²) in [7, 11) is 0. The molecule has 0 saturated carbocycles. The quantitative estimate of drug-likeness (QED) is 0.899. The molecule has 2 aromatic rings. The summed E-state index contributed by atoms with van der Waals surface area (Å²) in [5.41, 5.74) is 2.28. The molecule has 0 radical (unpaired) electrons. The molecule has 0 spiro atoms. The molecule has 1 aliphatic heterocycles. The van der Waals surface area contributed by atoms with Crippen molar-refractivity contribution >= 4 is 5.69 Å². The number of rotatable bonds is 4. The Balaban J connectivity index is 1.75. The number of nitrogens with zero attached hydrogens (tertiary/aromatic N) is 4. The molecule has 0 bridgehead atoms. The van der Waals surface area contributed by atoms with E-state index >= 15 is 0 Å². The van der Waals surface area contributed by atoms with Gasteiger partial charge in [0, 0.05) is 17.6 Å². The Hall–Kier alpha value is -1.95. The van der Waals surface area contributed by atoms with Gasteiger partial charge in [-0.1, -0.05) is 13.0 Å². The molecule has 3 rings (SSSR count). The van der Waals surface area contributed by atoms with E-state index in [0.29, 0.717) is 0 Å². The van der Waals surface area contributed by atoms with Crippen LogP contribution in [-0.4, -0.2) is 40.0 Å². The topological polar surface area (TPSA) is 64.9 Å². The van der Waals surface area contributed by atoms with Gasteiger partial charge < -0.3 is 10.1 Å². The van der Waals surface area contributed by atoms with Crippen LogP contribution in [0.3, 0.4) is 0 Å². The Morgan fingerprint density at radius 1 is 1.42 bits per heavy atom. The van der Waals surface area contributed by atoms with Crippen LogP contribution in [0, 0.1) is 12.3 Å². The van der Waals surface area contributed by atoms with E-state index in [-0.39, 0.29) is 5.41 Å².